The number of aliphatic imine (C=N–C) groups is 1. The van der Waals surface area contributed by atoms with E-state index in [2.05, 4.69) is 16.6 Å². The van der Waals surface area contributed by atoms with Gasteiger partial charge in [0.15, 0.2) is 5.17 Å². The van der Waals surface area contributed by atoms with Gasteiger partial charge < -0.3 is 5.73 Å². The summed E-state index contributed by atoms with van der Waals surface area (Å²) in [6.45, 7) is 11.4. The molecule has 1 rings (SSSR count). The van der Waals surface area contributed by atoms with Gasteiger partial charge in [-0.25, -0.2) is 9.37 Å². The SMILES string of the molecule is C=C\C(=C/C(F)=C(C)/C(/C=C\C)=C/C=C\C)C(C)c1csc(N=C(N)SC)n1. The molecule has 0 amide bonds. The molecule has 1 aromatic rings. The van der Waals surface area contributed by atoms with Crippen LogP contribution in [0.15, 0.2) is 82.0 Å². The lowest BCUT2D eigenvalue weighted by atomic mass is 9.96. The van der Waals surface area contributed by atoms with E-state index in [1.165, 1.54) is 29.2 Å². The van der Waals surface area contributed by atoms with Crippen LogP contribution in [0.3, 0.4) is 0 Å². The van der Waals surface area contributed by atoms with Crippen molar-refractivity contribution in [3.63, 3.8) is 0 Å². The van der Waals surface area contributed by atoms with Gasteiger partial charge in [-0.3, -0.25) is 0 Å². The monoisotopic (exact) mass is 417 g/mol. The number of amidine groups is 1. The van der Waals surface area contributed by atoms with Crippen LogP contribution in [0.1, 0.15) is 39.3 Å². The summed E-state index contributed by atoms with van der Waals surface area (Å²) in [6, 6.07) is 0. The van der Waals surface area contributed by atoms with Crippen LogP contribution in [0, 0.1) is 0 Å². The zero-order valence-electron chi connectivity index (χ0n) is 17.1. The number of thioether (sulfide) groups is 1. The number of hydrogen-bond donors (Lipinski definition) is 1. The Bertz CT molecular complexity index is 855. The quantitative estimate of drug-likeness (QED) is 0.282. The second kappa shape index (κ2) is 12.3. The molecule has 3 nitrogen and oxygen atoms in total. The lowest BCUT2D eigenvalue weighted by molar-refractivity contribution is 0.653. The second-order valence-corrected chi connectivity index (χ2v) is 7.56. The summed E-state index contributed by atoms with van der Waals surface area (Å²) in [5.41, 5.74) is 8.70. The number of aromatic nitrogens is 1. The highest BCUT2D eigenvalue weighted by Crippen LogP contribution is 2.31. The standard InChI is InChI=1S/C22H28FN3S2/c1-7-10-12-18(11-8-2)15(4)19(23)13-17(9-3)16(5)20-14-28-22(25-20)26-21(24)27-6/h7-14,16H,3H2,1-2,4-6H3,(H2,24,25,26)/b10-7-,11-8-,17-13+,18-12+,19-15-. The van der Waals surface area contributed by atoms with Crippen LogP contribution in [0.4, 0.5) is 9.52 Å². The molecule has 0 spiro atoms. The van der Waals surface area contributed by atoms with Gasteiger partial charge in [0.05, 0.1) is 5.69 Å². The Balaban J connectivity index is 3.23. The molecule has 2 N–H and O–H groups in total. The Kier molecular flexibility index (Phi) is 10.5. The van der Waals surface area contributed by atoms with Crippen LogP contribution < -0.4 is 5.73 Å². The number of nitrogens with two attached hydrogens (primary N) is 1. The molecule has 1 aromatic heterocycles. The topological polar surface area (TPSA) is 51.3 Å². The van der Waals surface area contributed by atoms with Gasteiger partial charge in [-0.05, 0) is 49.8 Å². The zero-order chi connectivity index (χ0) is 21.1. The van der Waals surface area contributed by atoms with E-state index in [1.807, 2.05) is 62.8 Å². The molecule has 0 radical (unpaired) electrons. The molecule has 0 aliphatic rings. The van der Waals surface area contributed by atoms with Crippen LogP contribution in [-0.4, -0.2) is 16.4 Å². The summed E-state index contributed by atoms with van der Waals surface area (Å²) in [4.78, 5) is 8.74. The second-order valence-electron chi connectivity index (χ2n) is 5.90. The average Bonchev–Trinajstić information content (AvgIpc) is 3.16. The first kappa shape index (κ1) is 23.9. The molecule has 0 bridgehead atoms. The van der Waals surface area contributed by atoms with Gasteiger partial charge in [0.1, 0.15) is 5.83 Å². The van der Waals surface area contributed by atoms with Crippen LogP contribution in [0.5, 0.6) is 0 Å². The average molecular weight is 418 g/mol. The van der Waals surface area contributed by atoms with Crippen molar-refractivity contribution in [1.82, 2.24) is 4.98 Å². The molecule has 0 saturated heterocycles. The van der Waals surface area contributed by atoms with Gasteiger partial charge in [-0.15, -0.1) is 11.3 Å². The van der Waals surface area contributed by atoms with Crippen molar-refractivity contribution < 1.29 is 4.39 Å². The molecule has 0 fully saturated rings. The summed E-state index contributed by atoms with van der Waals surface area (Å²) in [5, 5.41) is 2.97. The predicted octanol–water partition coefficient (Wildman–Crippen LogP) is 6.99. The maximum absolute atomic E-state index is 14.9. The lowest BCUT2D eigenvalue weighted by Crippen LogP contribution is -2.04. The van der Waals surface area contributed by atoms with Gasteiger partial charge in [0, 0.05) is 11.3 Å². The Morgan fingerprint density at radius 1 is 1.39 bits per heavy atom. The highest BCUT2D eigenvalue weighted by Gasteiger charge is 2.14. The third kappa shape index (κ3) is 7.09. The Morgan fingerprint density at radius 2 is 2.11 bits per heavy atom. The minimum absolute atomic E-state index is 0.114. The molecule has 28 heavy (non-hydrogen) atoms. The van der Waals surface area contributed by atoms with Crippen molar-refractivity contribution in [2.24, 2.45) is 10.7 Å². The fourth-order valence-electron chi connectivity index (χ4n) is 2.28. The number of allylic oxidation sites excluding steroid dienone is 11. The molecule has 1 unspecified atom stereocenters. The summed E-state index contributed by atoms with van der Waals surface area (Å²) in [5.74, 6) is -0.410. The minimum atomic E-state index is -0.296. The summed E-state index contributed by atoms with van der Waals surface area (Å²) >= 11 is 2.78. The van der Waals surface area contributed by atoms with Crippen LogP contribution in [0.2, 0.25) is 0 Å². The highest BCUT2D eigenvalue weighted by molar-refractivity contribution is 8.13. The molecule has 0 aliphatic carbocycles. The van der Waals surface area contributed by atoms with Crippen molar-refractivity contribution in [2.75, 3.05) is 6.26 Å². The van der Waals surface area contributed by atoms with Crippen LogP contribution in [-0.2, 0) is 0 Å². The molecule has 0 aromatic carbocycles. The largest absolute Gasteiger partial charge is 0.378 e. The first-order valence-electron chi connectivity index (χ1n) is 8.87. The molecule has 1 heterocycles. The van der Waals surface area contributed by atoms with Crippen LogP contribution >= 0.6 is 23.1 Å². The molecule has 150 valence electrons. The van der Waals surface area contributed by atoms with Gasteiger partial charge >= 0.3 is 0 Å². The molecule has 1 atom stereocenters. The first-order valence-corrected chi connectivity index (χ1v) is 11.0. The van der Waals surface area contributed by atoms with Gasteiger partial charge in [-0.2, -0.15) is 4.99 Å². The van der Waals surface area contributed by atoms with Gasteiger partial charge in [0.25, 0.3) is 0 Å². The third-order valence-electron chi connectivity index (χ3n) is 4.00. The Morgan fingerprint density at radius 3 is 2.68 bits per heavy atom. The fourth-order valence-corrected chi connectivity index (χ4v) is 3.30. The summed E-state index contributed by atoms with van der Waals surface area (Å²) < 4.78 is 14.9. The normalized spacial score (nSPS) is 16.0. The number of rotatable bonds is 8. The molecule has 6 heteroatoms. The smallest absolute Gasteiger partial charge is 0.211 e. The first-order chi connectivity index (χ1) is 13.4. The maximum atomic E-state index is 14.9. The molecule has 0 aliphatic heterocycles. The van der Waals surface area contributed by atoms with E-state index in [0.717, 1.165) is 16.8 Å². The van der Waals surface area contributed by atoms with E-state index < -0.39 is 0 Å². The number of hydrogen-bond acceptors (Lipinski definition) is 4. The fraction of sp³-hybridized carbons (Fsp3) is 0.273. The number of halogens is 1. The van der Waals surface area contributed by atoms with E-state index in [0.29, 0.717) is 15.9 Å². The van der Waals surface area contributed by atoms with E-state index in [-0.39, 0.29) is 11.7 Å². The van der Waals surface area contributed by atoms with Gasteiger partial charge in [-0.1, -0.05) is 61.7 Å². The predicted molar refractivity (Wildman–Crippen MR) is 125 cm³/mol. The Hall–Kier alpha value is -2.18. The number of thiazole rings is 1. The third-order valence-corrected chi connectivity index (χ3v) is 5.27. The van der Waals surface area contributed by atoms with Crippen molar-refractivity contribution in [1.29, 1.82) is 0 Å². The zero-order valence-corrected chi connectivity index (χ0v) is 18.7. The minimum Gasteiger partial charge on any atom is -0.378 e. The van der Waals surface area contributed by atoms with E-state index >= 15 is 0 Å². The van der Waals surface area contributed by atoms with Crippen molar-refractivity contribution >= 4 is 33.4 Å². The van der Waals surface area contributed by atoms with Crippen molar-refractivity contribution in [3.8, 4) is 0 Å². The Labute approximate surface area is 176 Å². The van der Waals surface area contributed by atoms with Crippen molar-refractivity contribution in [3.05, 3.63) is 82.7 Å². The number of nitrogens with zero attached hydrogens (tertiary/aromatic N) is 2. The molecule has 0 saturated carbocycles. The lowest BCUT2D eigenvalue weighted by Gasteiger charge is -2.11. The molecular formula is C22H28FN3S2. The van der Waals surface area contributed by atoms with E-state index in [1.54, 1.807) is 13.0 Å². The maximum Gasteiger partial charge on any atom is 0.211 e. The van der Waals surface area contributed by atoms with E-state index in [9.17, 15) is 4.39 Å². The van der Waals surface area contributed by atoms with E-state index in [4.69, 9.17) is 5.73 Å². The molecular weight excluding hydrogens is 389 g/mol. The highest BCUT2D eigenvalue weighted by atomic mass is 32.2. The van der Waals surface area contributed by atoms with Gasteiger partial charge in [0.2, 0.25) is 5.13 Å². The van der Waals surface area contributed by atoms with Crippen molar-refractivity contribution in [2.45, 2.75) is 33.6 Å². The summed E-state index contributed by atoms with van der Waals surface area (Å²) in [7, 11) is 0. The summed E-state index contributed by atoms with van der Waals surface area (Å²) in [6.07, 6.45) is 14.5. The van der Waals surface area contributed by atoms with Crippen LogP contribution in [0.25, 0.3) is 0 Å².